The summed E-state index contributed by atoms with van der Waals surface area (Å²) in [5, 5.41) is 2.81. The number of guanidine groups is 2. The summed E-state index contributed by atoms with van der Waals surface area (Å²) in [5.41, 5.74) is 11.4. The van der Waals surface area contributed by atoms with Crippen molar-refractivity contribution >= 4 is 11.9 Å². The Morgan fingerprint density at radius 1 is 1.06 bits per heavy atom. The molecule has 5 nitrogen and oxygen atoms in total. The third-order valence-electron chi connectivity index (χ3n) is 2.83. The van der Waals surface area contributed by atoms with Crippen molar-refractivity contribution < 1.29 is 0 Å². The van der Waals surface area contributed by atoms with Crippen LogP contribution >= 0.6 is 0 Å². The number of nitrogens with one attached hydrogen (secondary N) is 1. The molecule has 0 aromatic heterocycles. The molecular weight excluding hydrogens is 226 g/mol. The Morgan fingerprint density at radius 2 is 1.72 bits per heavy atom. The van der Waals surface area contributed by atoms with Gasteiger partial charge in [-0.3, -0.25) is 15.3 Å². The van der Waals surface area contributed by atoms with Gasteiger partial charge in [-0.2, -0.15) is 0 Å². The third kappa shape index (κ3) is 8.84. The Balaban J connectivity index is 4.07. The predicted molar refractivity (Wildman–Crippen MR) is 79.7 cm³/mol. The summed E-state index contributed by atoms with van der Waals surface area (Å²) < 4.78 is 0. The van der Waals surface area contributed by atoms with Crippen LogP contribution < -0.4 is 16.8 Å². The summed E-state index contributed by atoms with van der Waals surface area (Å²) in [5.74, 6) is 1.32. The molecule has 0 amide bonds. The number of hydrogen-bond donors (Lipinski definition) is 3. The van der Waals surface area contributed by atoms with Crippen LogP contribution in [0.25, 0.3) is 0 Å². The smallest absolute Gasteiger partial charge is 0.195 e. The second kappa shape index (κ2) is 10.9. The normalized spacial score (nSPS) is 14.6. The quantitative estimate of drug-likeness (QED) is 0.456. The highest BCUT2D eigenvalue weighted by atomic mass is 15.2. The zero-order valence-electron chi connectivity index (χ0n) is 12.1. The molecule has 0 aliphatic rings. The van der Waals surface area contributed by atoms with E-state index in [1.54, 1.807) is 0 Å². The summed E-state index contributed by atoms with van der Waals surface area (Å²) in [4.78, 5) is 8.42. The minimum Gasteiger partial charge on any atom is -0.370 e. The third-order valence-corrected chi connectivity index (χ3v) is 2.83. The summed E-state index contributed by atoms with van der Waals surface area (Å²) in [6.45, 7) is 7.91. The van der Waals surface area contributed by atoms with E-state index in [0.717, 1.165) is 19.4 Å². The summed E-state index contributed by atoms with van der Waals surface area (Å²) in [6, 6.07) is 0. The first kappa shape index (κ1) is 16.7. The fourth-order valence-electron chi connectivity index (χ4n) is 1.59. The van der Waals surface area contributed by atoms with Crippen molar-refractivity contribution in [3.63, 3.8) is 0 Å². The van der Waals surface area contributed by atoms with Gasteiger partial charge in [0.15, 0.2) is 11.9 Å². The molecule has 0 heterocycles. The average molecular weight is 255 g/mol. The van der Waals surface area contributed by atoms with Crippen molar-refractivity contribution in [1.29, 1.82) is 0 Å². The van der Waals surface area contributed by atoms with E-state index in [2.05, 4.69) is 29.1 Å². The molecule has 0 saturated carbocycles. The molecule has 106 valence electrons. The summed E-state index contributed by atoms with van der Waals surface area (Å²) >= 11 is 0. The second-order valence-corrected chi connectivity index (χ2v) is 4.53. The Morgan fingerprint density at radius 3 is 2.28 bits per heavy atom. The van der Waals surface area contributed by atoms with Crippen LogP contribution in [0.15, 0.2) is 9.98 Å². The largest absolute Gasteiger partial charge is 0.370 e. The molecule has 0 aromatic carbocycles. The molecular formula is C13H29N5. The number of aliphatic imine (C=N–C) groups is 2. The first-order valence-electron chi connectivity index (χ1n) is 7.00. The zero-order valence-corrected chi connectivity index (χ0v) is 12.1. The monoisotopic (exact) mass is 255 g/mol. The van der Waals surface area contributed by atoms with Gasteiger partial charge in [-0.25, -0.2) is 0 Å². The van der Waals surface area contributed by atoms with E-state index >= 15 is 0 Å². The van der Waals surface area contributed by atoms with Gasteiger partial charge in [-0.05, 0) is 18.8 Å². The minimum absolute atomic E-state index is 0.347. The minimum atomic E-state index is 0.347. The lowest BCUT2D eigenvalue weighted by Gasteiger charge is -2.12. The van der Waals surface area contributed by atoms with E-state index in [0.29, 0.717) is 24.4 Å². The summed E-state index contributed by atoms with van der Waals surface area (Å²) in [6.07, 6.45) is 5.79. The molecule has 0 rings (SSSR count). The fraction of sp³-hybridized carbons (Fsp3) is 0.846. The van der Waals surface area contributed by atoms with Crippen LogP contribution in [0.4, 0.5) is 0 Å². The predicted octanol–water partition coefficient (Wildman–Crippen LogP) is 1.83. The van der Waals surface area contributed by atoms with Crippen molar-refractivity contribution in [2.75, 3.05) is 13.1 Å². The number of nitrogens with two attached hydrogens (primary N) is 2. The maximum Gasteiger partial charge on any atom is 0.195 e. The van der Waals surface area contributed by atoms with Gasteiger partial charge in [0.05, 0.1) is 0 Å². The molecule has 0 radical (unpaired) electrons. The van der Waals surface area contributed by atoms with Crippen LogP contribution in [0.3, 0.4) is 0 Å². The highest BCUT2D eigenvalue weighted by Gasteiger charge is 2.05. The molecule has 5 N–H and O–H groups in total. The Labute approximate surface area is 111 Å². The molecule has 1 atom stereocenters. The van der Waals surface area contributed by atoms with Crippen LogP contribution in [-0.4, -0.2) is 25.0 Å². The SMILES string of the molecule is CCCCC(CC)CN=C(N)NC(N)=NCCC. The number of hydrogen-bond acceptors (Lipinski definition) is 2. The van der Waals surface area contributed by atoms with E-state index in [1.165, 1.54) is 19.3 Å². The maximum absolute atomic E-state index is 5.76. The van der Waals surface area contributed by atoms with E-state index in [9.17, 15) is 0 Å². The van der Waals surface area contributed by atoms with Gasteiger partial charge in [-0.1, -0.05) is 40.0 Å². The fourth-order valence-corrected chi connectivity index (χ4v) is 1.59. The first-order valence-corrected chi connectivity index (χ1v) is 7.00. The molecule has 0 fully saturated rings. The maximum atomic E-state index is 5.76. The molecule has 0 spiro atoms. The van der Waals surface area contributed by atoms with Crippen molar-refractivity contribution in [3.8, 4) is 0 Å². The van der Waals surface area contributed by atoms with Gasteiger partial charge in [0, 0.05) is 13.1 Å². The van der Waals surface area contributed by atoms with Gasteiger partial charge < -0.3 is 11.5 Å². The molecule has 0 bridgehead atoms. The number of unbranched alkanes of at least 4 members (excludes halogenated alkanes) is 1. The van der Waals surface area contributed by atoms with E-state index < -0.39 is 0 Å². The Hall–Kier alpha value is -1.26. The van der Waals surface area contributed by atoms with Gasteiger partial charge >= 0.3 is 0 Å². The van der Waals surface area contributed by atoms with E-state index in [1.807, 2.05) is 6.92 Å². The Kier molecular flexibility index (Phi) is 10.1. The van der Waals surface area contributed by atoms with Crippen LogP contribution in [0, 0.1) is 5.92 Å². The highest BCUT2D eigenvalue weighted by molar-refractivity contribution is 5.96. The molecule has 0 saturated heterocycles. The van der Waals surface area contributed by atoms with E-state index in [4.69, 9.17) is 11.5 Å². The zero-order chi connectivity index (χ0) is 13.8. The van der Waals surface area contributed by atoms with Crippen molar-refractivity contribution in [2.45, 2.75) is 52.9 Å². The van der Waals surface area contributed by atoms with Crippen LogP contribution in [0.2, 0.25) is 0 Å². The van der Waals surface area contributed by atoms with Crippen LogP contribution in [0.1, 0.15) is 52.9 Å². The number of rotatable bonds is 8. The standard InChI is InChI=1S/C13H29N5/c1-4-7-8-11(6-3)10-17-13(15)18-12(14)16-9-5-2/h11H,4-10H2,1-3H3,(H5,14,15,16,17,18). The lowest BCUT2D eigenvalue weighted by Crippen LogP contribution is -2.42. The molecule has 0 aromatic rings. The number of nitrogens with zero attached hydrogens (tertiary/aromatic N) is 2. The lowest BCUT2D eigenvalue weighted by atomic mass is 10.00. The second-order valence-electron chi connectivity index (χ2n) is 4.53. The topological polar surface area (TPSA) is 88.8 Å². The van der Waals surface area contributed by atoms with Crippen molar-refractivity contribution in [3.05, 3.63) is 0 Å². The van der Waals surface area contributed by atoms with Gasteiger partial charge in [-0.15, -0.1) is 0 Å². The Bertz CT molecular complexity index is 260. The average Bonchev–Trinajstić information content (AvgIpc) is 2.36. The van der Waals surface area contributed by atoms with Crippen molar-refractivity contribution in [2.24, 2.45) is 27.4 Å². The van der Waals surface area contributed by atoms with Gasteiger partial charge in [0.2, 0.25) is 0 Å². The van der Waals surface area contributed by atoms with E-state index in [-0.39, 0.29) is 0 Å². The lowest BCUT2D eigenvalue weighted by molar-refractivity contribution is 0.462. The van der Waals surface area contributed by atoms with Crippen LogP contribution in [0.5, 0.6) is 0 Å². The highest BCUT2D eigenvalue weighted by Crippen LogP contribution is 2.12. The van der Waals surface area contributed by atoms with Crippen LogP contribution in [-0.2, 0) is 0 Å². The molecule has 0 aliphatic carbocycles. The van der Waals surface area contributed by atoms with Gasteiger partial charge in [0.25, 0.3) is 0 Å². The van der Waals surface area contributed by atoms with Crippen molar-refractivity contribution in [1.82, 2.24) is 5.32 Å². The molecule has 0 aliphatic heterocycles. The van der Waals surface area contributed by atoms with Gasteiger partial charge in [0.1, 0.15) is 0 Å². The first-order chi connectivity index (χ1) is 8.63. The summed E-state index contributed by atoms with van der Waals surface area (Å²) in [7, 11) is 0. The molecule has 1 unspecified atom stereocenters. The molecule has 18 heavy (non-hydrogen) atoms. The molecule has 5 heteroatoms.